The van der Waals surface area contributed by atoms with E-state index in [2.05, 4.69) is 33.0 Å². The van der Waals surface area contributed by atoms with Crippen LogP contribution in [0.2, 0.25) is 5.15 Å². The summed E-state index contributed by atoms with van der Waals surface area (Å²) in [5.41, 5.74) is 0. The molecule has 0 bridgehead atoms. The van der Waals surface area contributed by atoms with Gasteiger partial charge in [-0.1, -0.05) is 11.6 Å². The molecule has 6 heteroatoms. The summed E-state index contributed by atoms with van der Waals surface area (Å²) in [4.78, 5) is 0. The average Bonchev–Trinajstić information content (AvgIpc) is 2.49. The van der Waals surface area contributed by atoms with Crippen molar-refractivity contribution in [1.29, 1.82) is 0 Å². The van der Waals surface area contributed by atoms with E-state index in [9.17, 15) is 4.39 Å². The van der Waals surface area contributed by atoms with Crippen molar-refractivity contribution in [3.05, 3.63) is 14.9 Å². The van der Waals surface area contributed by atoms with Crippen LogP contribution in [0.15, 0.2) is 6.20 Å². The topological polar surface area (TPSA) is 29.9 Å². The first-order valence-electron chi connectivity index (χ1n) is 4.43. The van der Waals surface area contributed by atoms with Gasteiger partial charge in [-0.05, 0) is 35.6 Å². The Balaban J connectivity index is 2.24. The molecule has 2 atom stereocenters. The maximum absolute atomic E-state index is 13.5. The fourth-order valence-corrected chi connectivity index (χ4v) is 2.23. The summed E-state index contributed by atoms with van der Waals surface area (Å²) >= 11 is 8.11. The van der Waals surface area contributed by atoms with E-state index in [-0.39, 0.29) is 6.04 Å². The molecular formula is C8H10ClFIN3. The summed E-state index contributed by atoms with van der Waals surface area (Å²) in [5.74, 6) is 0. The summed E-state index contributed by atoms with van der Waals surface area (Å²) in [6, 6.07) is -0.215. The van der Waals surface area contributed by atoms with E-state index in [1.54, 1.807) is 10.9 Å². The lowest BCUT2D eigenvalue weighted by Crippen LogP contribution is -2.39. The van der Waals surface area contributed by atoms with Crippen molar-refractivity contribution < 1.29 is 4.39 Å². The van der Waals surface area contributed by atoms with Crippen molar-refractivity contribution in [2.24, 2.45) is 0 Å². The standard InChI is InChI=1S/C8H10ClFIN3/c9-8-6(11)4-13-14(8)7-1-2-12-3-5(7)10/h4-5,7,12H,1-3H2/t5-,7-/m0/s1. The quantitative estimate of drug-likeness (QED) is 0.799. The molecule has 0 aromatic carbocycles. The number of alkyl halides is 1. The van der Waals surface area contributed by atoms with Gasteiger partial charge in [-0.3, -0.25) is 0 Å². The number of halogens is 3. The van der Waals surface area contributed by atoms with Gasteiger partial charge in [-0.15, -0.1) is 0 Å². The highest BCUT2D eigenvalue weighted by atomic mass is 127. The number of aromatic nitrogens is 2. The molecular weight excluding hydrogens is 319 g/mol. The first-order valence-corrected chi connectivity index (χ1v) is 5.89. The third kappa shape index (κ3) is 1.90. The number of nitrogens with zero attached hydrogens (tertiary/aromatic N) is 2. The van der Waals surface area contributed by atoms with Gasteiger partial charge in [0.2, 0.25) is 0 Å². The van der Waals surface area contributed by atoms with E-state index in [1.807, 2.05) is 0 Å². The molecule has 0 unspecified atom stereocenters. The Kier molecular flexibility index (Phi) is 3.28. The molecule has 1 N–H and O–H groups in total. The highest BCUT2D eigenvalue weighted by Crippen LogP contribution is 2.27. The van der Waals surface area contributed by atoms with Crippen LogP contribution >= 0.6 is 34.2 Å². The van der Waals surface area contributed by atoms with E-state index in [0.717, 1.165) is 16.5 Å². The highest BCUT2D eigenvalue weighted by Gasteiger charge is 2.28. The van der Waals surface area contributed by atoms with Gasteiger partial charge in [0.15, 0.2) is 0 Å². The van der Waals surface area contributed by atoms with Gasteiger partial charge in [0.05, 0.1) is 15.8 Å². The molecule has 3 nitrogen and oxygen atoms in total. The monoisotopic (exact) mass is 329 g/mol. The maximum Gasteiger partial charge on any atom is 0.140 e. The Morgan fingerprint density at radius 1 is 1.71 bits per heavy atom. The minimum absolute atomic E-state index is 0.215. The number of nitrogens with one attached hydrogen (secondary N) is 1. The number of hydrogen-bond donors (Lipinski definition) is 1. The number of hydrogen-bond acceptors (Lipinski definition) is 2. The molecule has 1 aliphatic heterocycles. The van der Waals surface area contributed by atoms with Gasteiger partial charge >= 0.3 is 0 Å². The van der Waals surface area contributed by atoms with Crippen molar-refractivity contribution in [3.63, 3.8) is 0 Å². The smallest absolute Gasteiger partial charge is 0.140 e. The normalized spacial score (nSPS) is 27.9. The first-order chi connectivity index (χ1) is 6.70. The van der Waals surface area contributed by atoms with E-state index in [0.29, 0.717) is 11.7 Å². The van der Waals surface area contributed by atoms with Gasteiger partial charge < -0.3 is 5.32 Å². The molecule has 1 aromatic rings. The van der Waals surface area contributed by atoms with E-state index < -0.39 is 6.17 Å². The Hall–Kier alpha value is 0.120. The van der Waals surface area contributed by atoms with Crippen molar-refractivity contribution in [3.8, 4) is 0 Å². The van der Waals surface area contributed by atoms with E-state index in [1.165, 1.54) is 0 Å². The van der Waals surface area contributed by atoms with Gasteiger partial charge in [0, 0.05) is 6.54 Å². The highest BCUT2D eigenvalue weighted by molar-refractivity contribution is 14.1. The fraction of sp³-hybridized carbons (Fsp3) is 0.625. The summed E-state index contributed by atoms with van der Waals surface area (Å²) in [5, 5.41) is 7.64. The molecule has 2 heterocycles. The van der Waals surface area contributed by atoms with Gasteiger partial charge in [0.25, 0.3) is 0 Å². The zero-order valence-corrected chi connectivity index (χ0v) is 10.3. The van der Waals surface area contributed by atoms with Crippen LogP contribution in [-0.4, -0.2) is 29.0 Å². The van der Waals surface area contributed by atoms with Crippen LogP contribution in [0.5, 0.6) is 0 Å². The third-order valence-corrected chi connectivity index (χ3v) is 3.87. The molecule has 2 rings (SSSR count). The number of rotatable bonds is 1. The molecule has 0 radical (unpaired) electrons. The summed E-state index contributed by atoms with van der Waals surface area (Å²) in [6.07, 6.45) is 1.49. The Bertz CT molecular complexity index is 330. The molecule has 0 aliphatic carbocycles. The Labute approximate surface area is 100 Å². The van der Waals surface area contributed by atoms with Crippen LogP contribution in [0, 0.1) is 3.57 Å². The summed E-state index contributed by atoms with van der Waals surface area (Å²) in [6.45, 7) is 1.20. The Morgan fingerprint density at radius 3 is 3.07 bits per heavy atom. The number of piperidine rings is 1. The summed E-state index contributed by atoms with van der Waals surface area (Å²) in [7, 11) is 0. The molecule has 1 aromatic heterocycles. The first kappa shape index (κ1) is 10.6. The molecule has 1 fully saturated rings. The lowest BCUT2D eigenvalue weighted by Gasteiger charge is -2.27. The van der Waals surface area contributed by atoms with Gasteiger partial charge in [-0.25, -0.2) is 9.07 Å². The summed E-state index contributed by atoms with van der Waals surface area (Å²) < 4.78 is 16.0. The van der Waals surface area contributed by atoms with Crippen molar-refractivity contribution in [1.82, 2.24) is 15.1 Å². The van der Waals surface area contributed by atoms with Crippen molar-refractivity contribution in [2.45, 2.75) is 18.6 Å². The van der Waals surface area contributed by atoms with Crippen LogP contribution in [0.3, 0.4) is 0 Å². The molecule has 78 valence electrons. The fourth-order valence-electron chi connectivity index (χ4n) is 1.64. The maximum atomic E-state index is 13.5. The predicted molar refractivity (Wildman–Crippen MR) is 61.4 cm³/mol. The lowest BCUT2D eigenvalue weighted by atomic mass is 10.1. The van der Waals surface area contributed by atoms with Crippen LogP contribution < -0.4 is 5.32 Å². The third-order valence-electron chi connectivity index (χ3n) is 2.38. The lowest BCUT2D eigenvalue weighted by molar-refractivity contribution is 0.173. The van der Waals surface area contributed by atoms with E-state index >= 15 is 0 Å². The molecule has 0 spiro atoms. The van der Waals surface area contributed by atoms with Crippen LogP contribution in [-0.2, 0) is 0 Å². The van der Waals surface area contributed by atoms with Crippen LogP contribution in [0.25, 0.3) is 0 Å². The molecule has 1 saturated heterocycles. The zero-order valence-electron chi connectivity index (χ0n) is 7.38. The molecule has 0 amide bonds. The second kappa shape index (κ2) is 4.32. The predicted octanol–water partition coefficient (Wildman–Crippen LogP) is 2.01. The average molecular weight is 330 g/mol. The molecule has 0 saturated carbocycles. The second-order valence-corrected chi connectivity index (χ2v) is 4.82. The second-order valence-electron chi connectivity index (χ2n) is 3.30. The van der Waals surface area contributed by atoms with Crippen LogP contribution in [0.1, 0.15) is 12.5 Å². The molecule has 14 heavy (non-hydrogen) atoms. The molecule has 1 aliphatic rings. The minimum Gasteiger partial charge on any atom is -0.314 e. The minimum atomic E-state index is -0.906. The van der Waals surface area contributed by atoms with Crippen molar-refractivity contribution >= 4 is 34.2 Å². The van der Waals surface area contributed by atoms with Gasteiger partial charge in [0.1, 0.15) is 11.3 Å². The van der Waals surface area contributed by atoms with E-state index in [4.69, 9.17) is 11.6 Å². The zero-order chi connectivity index (χ0) is 10.1. The van der Waals surface area contributed by atoms with Crippen LogP contribution in [0.4, 0.5) is 4.39 Å². The van der Waals surface area contributed by atoms with Crippen molar-refractivity contribution in [2.75, 3.05) is 13.1 Å². The SMILES string of the molecule is F[C@H]1CNCC[C@@H]1n1ncc(I)c1Cl. The Morgan fingerprint density at radius 2 is 2.50 bits per heavy atom. The largest absolute Gasteiger partial charge is 0.314 e. The van der Waals surface area contributed by atoms with Gasteiger partial charge in [-0.2, -0.15) is 5.10 Å².